The van der Waals surface area contributed by atoms with Gasteiger partial charge in [-0.05, 0) is 30.2 Å². The summed E-state index contributed by atoms with van der Waals surface area (Å²) in [6.45, 7) is 2.44. The van der Waals surface area contributed by atoms with Gasteiger partial charge in [0.15, 0.2) is 0 Å². The molecule has 0 saturated heterocycles. The predicted molar refractivity (Wildman–Crippen MR) is 86.0 cm³/mol. The third-order valence-corrected chi connectivity index (χ3v) is 3.00. The maximum Gasteiger partial charge on any atom is 0.145 e. The fraction of sp³-hybridized carbons (Fsp3) is 0.111. The Bertz CT molecular complexity index is 736. The molecule has 22 heavy (non-hydrogen) atoms. The van der Waals surface area contributed by atoms with Crippen molar-refractivity contribution in [2.24, 2.45) is 0 Å². The molecule has 4 nitrogen and oxygen atoms in total. The normalized spacial score (nSPS) is 9.23. The van der Waals surface area contributed by atoms with Crippen LogP contribution in [-0.4, -0.2) is 6.61 Å². The van der Waals surface area contributed by atoms with Gasteiger partial charge in [0.25, 0.3) is 0 Å². The smallest absolute Gasteiger partial charge is 0.145 e. The van der Waals surface area contributed by atoms with Crippen molar-refractivity contribution in [3.8, 4) is 29.0 Å². The van der Waals surface area contributed by atoms with Crippen LogP contribution in [0, 0.1) is 22.7 Å². The number of allylic oxidation sites excluding steroid dienone is 1. The van der Waals surface area contributed by atoms with Crippen LogP contribution in [0.15, 0.2) is 60.3 Å². The molecule has 4 heteroatoms. The fourth-order valence-corrected chi connectivity index (χ4v) is 1.97. The van der Waals surface area contributed by atoms with Gasteiger partial charge in [0, 0.05) is 6.20 Å². The van der Waals surface area contributed by atoms with E-state index in [1.54, 1.807) is 0 Å². The summed E-state index contributed by atoms with van der Waals surface area (Å²) in [7, 11) is 0. The van der Waals surface area contributed by atoms with Gasteiger partial charge < -0.3 is 10.1 Å². The summed E-state index contributed by atoms with van der Waals surface area (Å²) in [4.78, 5) is 0. The van der Waals surface area contributed by atoms with Crippen molar-refractivity contribution < 1.29 is 4.74 Å². The van der Waals surface area contributed by atoms with Crippen molar-refractivity contribution in [2.45, 2.75) is 6.92 Å². The van der Waals surface area contributed by atoms with E-state index in [1.807, 2.05) is 67.6 Å². The molecule has 2 aromatic rings. The van der Waals surface area contributed by atoms with Crippen LogP contribution in [-0.2, 0) is 0 Å². The van der Waals surface area contributed by atoms with Gasteiger partial charge in [0.05, 0.1) is 12.3 Å². The molecule has 0 aliphatic heterocycles. The van der Waals surface area contributed by atoms with Gasteiger partial charge in [-0.3, -0.25) is 0 Å². The average molecular weight is 289 g/mol. The Hall–Kier alpha value is -3.24. The molecule has 0 atom stereocenters. The molecule has 0 radical (unpaired) electrons. The Morgan fingerprint density at radius 2 is 1.82 bits per heavy atom. The molecule has 2 aromatic carbocycles. The summed E-state index contributed by atoms with van der Waals surface area (Å²) in [5.74, 6) is 0.675. The second kappa shape index (κ2) is 7.52. The van der Waals surface area contributed by atoms with Gasteiger partial charge >= 0.3 is 0 Å². The van der Waals surface area contributed by atoms with E-state index in [9.17, 15) is 0 Å². The van der Waals surface area contributed by atoms with Crippen molar-refractivity contribution >= 4 is 5.69 Å². The van der Waals surface area contributed by atoms with Gasteiger partial charge in [0.1, 0.15) is 23.5 Å². The number of hydrogen-bond acceptors (Lipinski definition) is 4. The molecule has 0 amide bonds. The molecule has 0 unspecified atom stereocenters. The predicted octanol–water partition coefficient (Wildman–Crippen LogP) is 4.10. The van der Waals surface area contributed by atoms with Crippen molar-refractivity contribution in [3.63, 3.8) is 0 Å². The number of rotatable bonds is 5. The maximum atomic E-state index is 8.80. The van der Waals surface area contributed by atoms with Crippen molar-refractivity contribution in [2.75, 3.05) is 11.9 Å². The van der Waals surface area contributed by atoms with Crippen molar-refractivity contribution in [1.82, 2.24) is 0 Å². The minimum atomic E-state index is 0.00700. The van der Waals surface area contributed by atoms with Crippen LogP contribution in [0.4, 0.5) is 5.69 Å². The first kappa shape index (κ1) is 15.2. The van der Waals surface area contributed by atoms with E-state index >= 15 is 0 Å². The topological polar surface area (TPSA) is 68.8 Å². The molecule has 0 saturated carbocycles. The number of benzene rings is 2. The van der Waals surface area contributed by atoms with Crippen LogP contribution in [0.2, 0.25) is 0 Å². The van der Waals surface area contributed by atoms with Crippen LogP contribution < -0.4 is 10.1 Å². The number of nitrogens with one attached hydrogen (secondary N) is 1. The number of nitriles is 2. The lowest BCUT2D eigenvalue weighted by molar-refractivity contribution is 0.342. The van der Waals surface area contributed by atoms with Crippen LogP contribution in [0.25, 0.3) is 11.1 Å². The lowest BCUT2D eigenvalue weighted by atomic mass is 10.0. The molecule has 108 valence electrons. The monoisotopic (exact) mass is 289 g/mol. The molecule has 0 bridgehead atoms. The highest BCUT2D eigenvalue weighted by Gasteiger charge is 2.06. The Kier molecular flexibility index (Phi) is 5.18. The first-order valence-electron chi connectivity index (χ1n) is 6.87. The first-order valence-corrected chi connectivity index (χ1v) is 6.87. The number of anilines is 1. The van der Waals surface area contributed by atoms with Crippen LogP contribution in [0.5, 0.6) is 5.75 Å². The molecule has 0 heterocycles. The van der Waals surface area contributed by atoms with Gasteiger partial charge in [-0.2, -0.15) is 10.5 Å². The lowest BCUT2D eigenvalue weighted by Crippen LogP contribution is -1.98. The Balaban J connectivity index is 2.39. The number of hydrogen-bond donors (Lipinski definition) is 1. The van der Waals surface area contributed by atoms with Gasteiger partial charge in [-0.1, -0.05) is 36.4 Å². The molecular formula is C18H15N3O. The summed E-state index contributed by atoms with van der Waals surface area (Å²) >= 11 is 0. The second-order valence-corrected chi connectivity index (χ2v) is 4.44. The van der Waals surface area contributed by atoms with E-state index in [0.29, 0.717) is 18.0 Å². The minimum Gasteiger partial charge on any atom is -0.492 e. The third kappa shape index (κ3) is 3.65. The molecule has 0 fully saturated rings. The van der Waals surface area contributed by atoms with E-state index in [2.05, 4.69) is 5.32 Å². The largest absolute Gasteiger partial charge is 0.492 e. The highest BCUT2D eigenvalue weighted by atomic mass is 16.5. The lowest BCUT2D eigenvalue weighted by Gasteiger charge is -2.12. The van der Waals surface area contributed by atoms with E-state index in [0.717, 1.165) is 11.1 Å². The SMILES string of the molecule is CCOc1ccc(-c2ccccc2)cc1NC=C(C#N)C#N. The summed E-state index contributed by atoms with van der Waals surface area (Å²) < 4.78 is 5.57. The van der Waals surface area contributed by atoms with Crippen molar-refractivity contribution in [1.29, 1.82) is 10.5 Å². The van der Waals surface area contributed by atoms with Crippen LogP contribution >= 0.6 is 0 Å². The zero-order valence-corrected chi connectivity index (χ0v) is 12.2. The zero-order valence-electron chi connectivity index (χ0n) is 12.2. The van der Waals surface area contributed by atoms with Gasteiger partial charge in [-0.25, -0.2) is 0 Å². The summed E-state index contributed by atoms with van der Waals surface area (Å²) in [6.07, 6.45) is 1.38. The summed E-state index contributed by atoms with van der Waals surface area (Å²) in [5.41, 5.74) is 2.83. The van der Waals surface area contributed by atoms with Gasteiger partial charge in [-0.15, -0.1) is 0 Å². The zero-order chi connectivity index (χ0) is 15.8. The number of ether oxygens (including phenoxy) is 1. The highest BCUT2D eigenvalue weighted by Crippen LogP contribution is 2.31. The molecule has 2 rings (SSSR count). The molecular weight excluding hydrogens is 274 g/mol. The van der Waals surface area contributed by atoms with E-state index in [4.69, 9.17) is 15.3 Å². The van der Waals surface area contributed by atoms with E-state index < -0.39 is 0 Å². The minimum absolute atomic E-state index is 0.00700. The maximum absolute atomic E-state index is 8.80. The van der Waals surface area contributed by atoms with Crippen LogP contribution in [0.3, 0.4) is 0 Å². The molecule has 0 aliphatic carbocycles. The van der Waals surface area contributed by atoms with Gasteiger partial charge in [0.2, 0.25) is 0 Å². The first-order chi connectivity index (χ1) is 10.8. The summed E-state index contributed by atoms with van der Waals surface area (Å²) in [6, 6.07) is 19.4. The van der Waals surface area contributed by atoms with Crippen LogP contribution in [0.1, 0.15) is 6.92 Å². The molecule has 0 aliphatic rings. The second-order valence-electron chi connectivity index (χ2n) is 4.44. The van der Waals surface area contributed by atoms with Crippen molar-refractivity contribution in [3.05, 3.63) is 60.3 Å². The Labute approximate surface area is 129 Å². The van der Waals surface area contributed by atoms with E-state index in [-0.39, 0.29) is 5.57 Å². The molecule has 0 aromatic heterocycles. The summed E-state index contributed by atoms with van der Waals surface area (Å²) in [5, 5.41) is 20.6. The molecule has 0 spiro atoms. The quantitative estimate of drug-likeness (QED) is 0.841. The highest BCUT2D eigenvalue weighted by molar-refractivity contribution is 5.72. The Morgan fingerprint density at radius 3 is 2.45 bits per heavy atom. The third-order valence-electron chi connectivity index (χ3n) is 3.00. The fourth-order valence-electron chi connectivity index (χ4n) is 1.97. The molecule has 1 N–H and O–H groups in total. The average Bonchev–Trinajstić information content (AvgIpc) is 2.58. The number of nitrogens with zero attached hydrogens (tertiary/aromatic N) is 2. The Morgan fingerprint density at radius 1 is 1.09 bits per heavy atom. The van der Waals surface area contributed by atoms with E-state index in [1.165, 1.54) is 6.20 Å². The standard InChI is InChI=1S/C18H15N3O/c1-2-22-18-9-8-16(15-6-4-3-5-7-15)10-17(18)21-13-14(11-19)12-20/h3-10,13,21H,2H2,1H3.